The fraction of sp³-hybridized carbons (Fsp3) is 0.667. The smallest absolute Gasteiger partial charge is 0.0833 e. The maximum atomic E-state index is 8.09. The van der Waals surface area contributed by atoms with Crippen molar-refractivity contribution in [1.82, 2.24) is 0 Å². The first-order valence-corrected chi connectivity index (χ1v) is 2.24. The van der Waals surface area contributed by atoms with Crippen LogP contribution in [0.15, 0.2) is 0 Å². The molecule has 0 aromatic carbocycles. The molecule has 34 valence electrons. The first kappa shape index (κ1) is 5.88. The SMILES string of the molecule is N#CC(P)CO. The molecule has 6 heavy (non-hydrogen) atoms. The predicted octanol–water partition coefficient (Wildman–Crippen LogP) is -0.254. The molecule has 2 nitrogen and oxygen atoms in total. The molecule has 1 N–H and O–H groups in total. The van der Waals surface area contributed by atoms with Crippen LogP contribution < -0.4 is 0 Å². The van der Waals surface area contributed by atoms with Gasteiger partial charge >= 0.3 is 0 Å². The second kappa shape index (κ2) is 3.08. The van der Waals surface area contributed by atoms with Crippen LogP contribution in [-0.2, 0) is 0 Å². The molecule has 0 aliphatic heterocycles. The highest BCUT2D eigenvalue weighted by Gasteiger charge is 1.90. The molecule has 2 atom stereocenters. The highest BCUT2D eigenvalue weighted by Crippen LogP contribution is 1.92. The monoisotopic (exact) mass is 103 g/mol. The molecule has 0 bridgehead atoms. The molecular weight excluding hydrogens is 97.0 g/mol. The van der Waals surface area contributed by atoms with Gasteiger partial charge in [0.1, 0.15) is 0 Å². The van der Waals surface area contributed by atoms with Gasteiger partial charge in [0.15, 0.2) is 0 Å². The molecule has 0 amide bonds. The van der Waals surface area contributed by atoms with Gasteiger partial charge < -0.3 is 5.11 Å². The lowest BCUT2D eigenvalue weighted by atomic mass is 10.5. The summed E-state index contributed by atoms with van der Waals surface area (Å²) in [4.78, 5) is 0. The van der Waals surface area contributed by atoms with E-state index in [1.807, 2.05) is 6.07 Å². The molecule has 0 aromatic heterocycles. The molecule has 0 aliphatic rings. The van der Waals surface area contributed by atoms with Crippen molar-refractivity contribution in [2.24, 2.45) is 0 Å². The van der Waals surface area contributed by atoms with Crippen molar-refractivity contribution in [3.63, 3.8) is 0 Å². The van der Waals surface area contributed by atoms with E-state index in [0.717, 1.165) is 0 Å². The molecule has 0 fully saturated rings. The van der Waals surface area contributed by atoms with E-state index in [-0.39, 0.29) is 12.3 Å². The Morgan fingerprint density at radius 1 is 2.00 bits per heavy atom. The molecule has 0 aromatic rings. The Bertz CT molecular complexity index is 67.7. The summed E-state index contributed by atoms with van der Waals surface area (Å²) in [5.74, 6) is 0. The van der Waals surface area contributed by atoms with E-state index < -0.39 is 0 Å². The minimum absolute atomic E-state index is 0.0683. The number of nitriles is 1. The topological polar surface area (TPSA) is 44.0 Å². The lowest BCUT2D eigenvalue weighted by molar-refractivity contribution is 0.308. The standard InChI is InChI=1S/C3H6NOP/c4-1-3(6)2-5/h3,5H,2,6H2. The molecule has 0 spiro atoms. The first-order valence-electron chi connectivity index (χ1n) is 1.57. The summed E-state index contributed by atoms with van der Waals surface area (Å²) < 4.78 is 0. The molecule has 0 radical (unpaired) electrons. The third-order valence-corrected chi connectivity index (χ3v) is 0.722. The van der Waals surface area contributed by atoms with Crippen molar-refractivity contribution < 1.29 is 5.11 Å². The van der Waals surface area contributed by atoms with Crippen LogP contribution in [0.2, 0.25) is 0 Å². The van der Waals surface area contributed by atoms with Gasteiger partial charge in [-0.3, -0.25) is 0 Å². The third kappa shape index (κ3) is 2.14. The van der Waals surface area contributed by atoms with E-state index in [1.54, 1.807) is 0 Å². The second-order valence-electron chi connectivity index (χ2n) is 0.918. The maximum absolute atomic E-state index is 8.09. The van der Waals surface area contributed by atoms with Crippen LogP contribution in [0.1, 0.15) is 0 Å². The number of hydrogen-bond acceptors (Lipinski definition) is 2. The number of aliphatic hydroxyl groups excluding tert-OH is 1. The lowest BCUT2D eigenvalue weighted by Crippen LogP contribution is -1.97. The largest absolute Gasteiger partial charge is 0.395 e. The molecule has 0 saturated heterocycles. The van der Waals surface area contributed by atoms with E-state index in [1.165, 1.54) is 0 Å². The Morgan fingerprint density at radius 2 is 2.50 bits per heavy atom. The van der Waals surface area contributed by atoms with Crippen molar-refractivity contribution in [1.29, 1.82) is 5.26 Å². The van der Waals surface area contributed by atoms with E-state index in [9.17, 15) is 0 Å². The zero-order valence-electron chi connectivity index (χ0n) is 3.26. The van der Waals surface area contributed by atoms with Gasteiger partial charge in [-0.05, 0) is 0 Å². The summed E-state index contributed by atoms with van der Waals surface area (Å²) in [6.07, 6.45) is 0. The summed E-state index contributed by atoms with van der Waals surface area (Å²) >= 11 is 0. The number of rotatable bonds is 1. The van der Waals surface area contributed by atoms with E-state index in [0.29, 0.717) is 0 Å². The van der Waals surface area contributed by atoms with Gasteiger partial charge in [-0.15, -0.1) is 9.24 Å². The second-order valence-corrected chi connectivity index (χ2v) is 1.72. The molecule has 0 rings (SSSR count). The van der Waals surface area contributed by atoms with E-state index >= 15 is 0 Å². The zero-order valence-corrected chi connectivity index (χ0v) is 4.41. The minimum atomic E-state index is -0.287. The normalized spacial score (nSPS) is 12.8. The van der Waals surface area contributed by atoms with Crippen LogP contribution >= 0.6 is 9.24 Å². The summed E-state index contributed by atoms with van der Waals surface area (Å²) in [5.41, 5.74) is -0.287. The Morgan fingerprint density at radius 3 is 2.50 bits per heavy atom. The number of aliphatic hydroxyl groups is 1. The highest BCUT2D eigenvalue weighted by molar-refractivity contribution is 7.18. The van der Waals surface area contributed by atoms with Gasteiger partial charge in [0.05, 0.1) is 18.3 Å². The van der Waals surface area contributed by atoms with Gasteiger partial charge in [-0.2, -0.15) is 5.26 Å². The molecule has 3 heteroatoms. The Balaban J connectivity index is 3.04. The van der Waals surface area contributed by atoms with Crippen LogP contribution in [0, 0.1) is 11.3 Å². The Hall–Kier alpha value is -0.120. The van der Waals surface area contributed by atoms with Crippen LogP contribution in [0.5, 0.6) is 0 Å². The van der Waals surface area contributed by atoms with Gasteiger partial charge in [-0.1, -0.05) is 0 Å². The molecule has 0 aliphatic carbocycles. The Labute approximate surface area is 39.0 Å². The molecular formula is C3H6NOP. The average molecular weight is 103 g/mol. The maximum Gasteiger partial charge on any atom is 0.0833 e. The fourth-order valence-electron chi connectivity index (χ4n) is 0.0408. The Kier molecular flexibility index (Phi) is 3.02. The molecule has 0 heterocycles. The highest BCUT2D eigenvalue weighted by atomic mass is 31.0. The molecule has 0 saturated carbocycles. The number of nitrogens with zero attached hydrogens (tertiary/aromatic N) is 1. The predicted molar refractivity (Wildman–Crippen MR) is 26.2 cm³/mol. The zero-order chi connectivity index (χ0) is 4.99. The van der Waals surface area contributed by atoms with E-state index in [4.69, 9.17) is 10.4 Å². The lowest BCUT2D eigenvalue weighted by Gasteiger charge is -1.86. The van der Waals surface area contributed by atoms with Crippen molar-refractivity contribution >= 4 is 9.24 Å². The van der Waals surface area contributed by atoms with Crippen molar-refractivity contribution in [3.8, 4) is 6.07 Å². The molecule has 2 unspecified atom stereocenters. The van der Waals surface area contributed by atoms with E-state index in [2.05, 4.69) is 9.24 Å². The fourth-order valence-corrected chi connectivity index (χ4v) is 0.0408. The van der Waals surface area contributed by atoms with Crippen molar-refractivity contribution in [2.75, 3.05) is 6.61 Å². The van der Waals surface area contributed by atoms with Crippen molar-refractivity contribution in [2.45, 2.75) is 5.66 Å². The summed E-state index contributed by atoms with van der Waals surface area (Å²) in [6, 6.07) is 1.83. The van der Waals surface area contributed by atoms with Crippen LogP contribution in [0.4, 0.5) is 0 Å². The summed E-state index contributed by atoms with van der Waals surface area (Å²) in [6.45, 7) is -0.0683. The quantitative estimate of drug-likeness (QED) is 0.465. The number of hydrogen-bond donors (Lipinski definition) is 1. The van der Waals surface area contributed by atoms with Crippen LogP contribution in [0.25, 0.3) is 0 Å². The van der Waals surface area contributed by atoms with Crippen molar-refractivity contribution in [3.05, 3.63) is 0 Å². The van der Waals surface area contributed by atoms with Gasteiger partial charge in [-0.25, -0.2) is 0 Å². The van der Waals surface area contributed by atoms with Gasteiger partial charge in [0.2, 0.25) is 0 Å². The minimum Gasteiger partial charge on any atom is -0.395 e. The summed E-state index contributed by atoms with van der Waals surface area (Å²) in [7, 11) is 2.20. The first-order chi connectivity index (χ1) is 2.81. The van der Waals surface area contributed by atoms with Gasteiger partial charge in [0.25, 0.3) is 0 Å². The average Bonchev–Trinajstić information content (AvgIpc) is 1.65. The summed E-state index contributed by atoms with van der Waals surface area (Å²) in [5, 5.41) is 16.0. The van der Waals surface area contributed by atoms with Crippen LogP contribution in [0.3, 0.4) is 0 Å². The third-order valence-electron chi connectivity index (χ3n) is 0.363. The van der Waals surface area contributed by atoms with Gasteiger partial charge in [0, 0.05) is 0 Å². The van der Waals surface area contributed by atoms with Crippen LogP contribution in [-0.4, -0.2) is 17.4 Å².